The van der Waals surface area contributed by atoms with Gasteiger partial charge < -0.3 is 15.8 Å². The van der Waals surface area contributed by atoms with Crippen LogP contribution in [0.15, 0.2) is 18.2 Å². The van der Waals surface area contributed by atoms with E-state index in [0.717, 1.165) is 48.6 Å². The molecule has 0 bridgehead atoms. The topological polar surface area (TPSA) is 64.4 Å². The standard InChI is InChI=1S/C25H42N2O2/c1-5-7-8-19-9-12-21(13-10-19)25(28)27-23-14-11-20(17-24(23)29-6-2)16-22(26)15-18(3)4/h11,14,17-19,21-22H,5-10,12-13,15-16,26H2,1-4H3,(H,27,28). The average molecular weight is 403 g/mol. The van der Waals surface area contributed by atoms with E-state index in [1.165, 1.54) is 32.1 Å². The summed E-state index contributed by atoms with van der Waals surface area (Å²) in [6, 6.07) is 6.24. The normalized spacial score (nSPS) is 20.5. The largest absolute Gasteiger partial charge is 0.492 e. The van der Waals surface area contributed by atoms with Gasteiger partial charge in [0.1, 0.15) is 5.75 Å². The molecule has 2 rings (SSSR count). The molecular weight excluding hydrogens is 360 g/mol. The summed E-state index contributed by atoms with van der Waals surface area (Å²) in [5, 5.41) is 3.14. The molecule has 1 unspecified atom stereocenters. The third-order valence-corrected chi connectivity index (χ3v) is 6.06. The summed E-state index contributed by atoms with van der Waals surface area (Å²) in [4.78, 5) is 12.8. The lowest BCUT2D eigenvalue weighted by Gasteiger charge is -2.28. The zero-order valence-electron chi connectivity index (χ0n) is 19.0. The van der Waals surface area contributed by atoms with Gasteiger partial charge in [0, 0.05) is 12.0 Å². The summed E-state index contributed by atoms with van der Waals surface area (Å²) < 4.78 is 5.83. The quantitative estimate of drug-likeness (QED) is 0.482. The van der Waals surface area contributed by atoms with Crippen LogP contribution in [0.2, 0.25) is 0 Å². The highest BCUT2D eigenvalue weighted by Crippen LogP contribution is 2.34. The minimum absolute atomic E-state index is 0.126. The number of amides is 1. The van der Waals surface area contributed by atoms with Crippen LogP contribution in [0.25, 0.3) is 0 Å². The van der Waals surface area contributed by atoms with Crippen molar-refractivity contribution in [3.05, 3.63) is 23.8 Å². The van der Waals surface area contributed by atoms with E-state index in [1.807, 2.05) is 19.1 Å². The molecule has 1 aliphatic rings. The molecule has 0 aromatic heterocycles. The molecule has 0 saturated heterocycles. The number of nitrogens with one attached hydrogen (secondary N) is 1. The molecule has 29 heavy (non-hydrogen) atoms. The maximum absolute atomic E-state index is 12.8. The molecule has 0 spiro atoms. The maximum atomic E-state index is 12.8. The lowest BCUT2D eigenvalue weighted by molar-refractivity contribution is -0.121. The Hall–Kier alpha value is -1.55. The first kappa shape index (κ1) is 23.7. The SMILES string of the molecule is CCCCC1CCC(C(=O)Nc2ccc(CC(N)CC(C)C)cc2OCC)CC1. The first-order valence-electron chi connectivity index (χ1n) is 11.7. The van der Waals surface area contributed by atoms with Crippen molar-refractivity contribution in [1.29, 1.82) is 0 Å². The fourth-order valence-corrected chi connectivity index (χ4v) is 4.50. The summed E-state index contributed by atoms with van der Waals surface area (Å²) >= 11 is 0. The van der Waals surface area contributed by atoms with Crippen LogP contribution in [-0.4, -0.2) is 18.6 Å². The van der Waals surface area contributed by atoms with Crippen LogP contribution in [0.3, 0.4) is 0 Å². The Kier molecular flexibility index (Phi) is 9.99. The highest BCUT2D eigenvalue weighted by molar-refractivity contribution is 5.94. The second-order valence-electron chi connectivity index (χ2n) is 9.21. The van der Waals surface area contributed by atoms with Crippen molar-refractivity contribution in [1.82, 2.24) is 0 Å². The number of carbonyl (C=O) groups excluding carboxylic acids is 1. The maximum Gasteiger partial charge on any atom is 0.227 e. The molecule has 1 aliphatic carbocycles. The number of rotatable bonds is 11. The Morgan fingerprint density at radius 2 is 1.93 bits per heavy atom. The van der Waals surface area contributed by atoms with E-state index in [2.05, 4.69) is 32.2 Å². The van der Waals surface area contributed by atoms with Gasteiger partial charge in [-0.3, -0.25) is 4.79 Å². The van der Waals surface area contributed by atoms with Crippen molar-refractivity contribution < 1.29 is 9.53 Å². The molecule has 1 amide bonds. The molecule has 0 radical (unpaired) electrons. The van der Waals surface area contributed by atoms with E-state index >= 15 is 0 Å². The van der Waals surface area contributed by atoms with Crippen molar-refractivity contribution in [3.8, 4) is 5.75 Å². The lowest BCUT2D eigenvalue weighted by Crippen LogP contribution is -2.27. The zero-order chi connectivity index (χ0) is 21.2. The minimum atomic E-state index is 0.126. The van der Waals surface area contributed by atoms with Gasteiger partial charge in [0.15, 0.2) is 0 Å². The van der Waals surface area contributed by atoms with E-state index in [4.69, 9.17) is 10.5 Å². The van der Waals surface area contributed by atoms with Gasteiger partial charge >= 0.3 is 0 Å². The van der Waals surface area contributed by atoms with Gasteiger partial charge in [-0.1, -0.05) is 46.1 Å². The van der Waals surface area contributed by atoms with E-state index in [9.17, 15) is 4.79 Å². The van der Waals surface area contributed by atoms with Crippen LogP contribution in [0.4, 0.5) is 5.69 Å². The molecule has 1 saturated carbocycles. The third-order valence-electron chi connectivity index (χ3n) is 6.06. The van der Waals surface area contributed by atoms with Crippen molar-refractivity contribution >= 4 is 11.6 Å². The number of hydrogen-bond donors (Lipinski definition) is 2. The van der Waals surface area contributed by atoms with E-state index in [1.54, 1.807) is 0 Å². The molecule has 0 heterocycles. The Morgan fingerprint density at radius 1 is 1.21 bits per heavy atom. The van der Waals surface area contributed by atoms with Gasteiger partial charge in [0.05, 0.1) is 12.3 Å². The number of nitrogens with two attached hydrogens (primary N) is 1. The number of anilines is 1. The van der Waals surface area contributed by atoms with Crippen LogP contribution >= 0.6 is 0 Å². The molecule has 1 aromatic carbocycles. The Balaban J connectivity index is 1.96. The second-order valence-corrected chi connectivity index (χ2v) is 9.21. The van der Waals surface area contributed by atoms with Crippen molar-refractivity contribution in [3.63, 3.8) is 0 Å². The third kappa shape index (κ3) is 8.00. The van der Waals surface area contributed by atoms with E-state index in [-0.39, 0.29) is 17.9 Å². The Labute approximate surface area is 178 Å². The minimum Gasteiger partial charge on any atom is -0.492 e. The van der Waals surface area contributed by atoms with E-state index in [0.29, 0.717) is 12.5 Å². The first-order chi connectivity index (χ1) is 13.9. The number of ether oxygens (including phenoxy) is 1. The van der Waals surface area contributed by atoms with Crippen LogP contribution < -0.4 is 15.8 Å². The van der Waals surface area contributed by atoms with Crippen LogP contribution in [0, 0.1) is 17.8 Å². The van der Waals surface area contributed by atoms with Crippen molar-refractivity contribution in [2.24, 2.45) is 23.5 Å². The van der Waals surface area contributed by atoms with Gasteiger partial charge in [-0.25, -0.2) is 0 Å². The number of hydrogen-bond acceptors (Lipinski definition) is 3. The number of benzene rings is 1. The van der Waals surface area contributed by atoms with Crippen molar-refractivity contribution in [2.75, 3.05) is 11.9 Å². The average Bonchev–Trinajstić information content (AvgIpc) is 2.68. The monoisotopic (exact) mass is 402 g/mol. The summed E-state index contributed by atoms with van der Waals surface area (Å²) in [6.07, 6.45) is 10.1. The Bertz CT molecular complexity index is 621. The molecule has 4 nitrogen and oxygen atoms in total. The van der Waals surface area contributed by atoms with Gasteiger partial charge in [-0.05, 0) is 75.0 Å². The zero-order valence-corrected chi connectivity index (χ0v) is 19.0. The molecular formula is C25H42N2O2. The van der Waals surface area contributed by atoms with Gasteiger partial charge in [-0.15, -0.1) is 0 Å². The van der Waals surface area contributed by atoms with Crippen molar-refractivity contribution in [2.45, 2.75) is 91.5 Å². The highest BCUT2D eigenvalue weighted by atomic mass is 16.5. The highest BCUT2D eigenvalue weighted by Gasteiger charge is 2.26. The summed E-state index contributed by atoms with van der Waals surface area (Å²) in [7, 11) is 0. The fraction of sp³-hybridized carbons (Fsp3) is 0.720. The molecule has 0 aliphatic heterocycles. The first-order valence-corrected chi connectivity index (χ1v) is 11.7. The van der Waals surface area contributed by atoms with Crippen LogP contribution in [0.1, 0.15) is 84.6 Å². The number of unbranched alkanes of at least 4 members (excludes halogenated alkanes) is 1. The number of carbonyl (C=O) groups is 1. The molecule has 3 N–H and O–H groups in total. The molecule has 1 aromatic rings. The van der Waals surface area contributed by atoms with Gasteiger partial charge in [0.2, 0.25) is 5.91 Å². The molecule has 4 heteroatoms. The Morgan fingerprint density at radius 3 is 2.55 bits per heavy atom. The second kappa shape index (κ2) is 12.2. The summed E-state index contributed by atoms with van der Waals surface area (Å²) in [6.45, 7) is 9.19. The predicted molar refractivity (Wildman–Crippen MR) is 122 cm³/mol. The fourth-order valence-electron chi connectivity index (χ4n) is 4.50. The van der Waals surface area contributed by atoms with Gasteiger partial charge in [0.25, 0.3) is 0 Å². The molecule has 164 valence electrons. The molecule has 1 atom stereocenters. The van der Waals surface area contributed by atoms with Crippen LogP contribution in [0.5, 0.6) is 5.75 Å². The van der Waals surface area contributed by atoms with Crippen LogP contribution in [-0.2, 0) is 11.2 Å². The smallest absolute Gasteiger partial charge is 0.227 e. The predicted octanol–water partition coefficient (Wildman–Crippen LogP) is 5.94. The summed E-state index contributed by atoms with van der Waals surface area (Å²) in [5.74, 6) is 2.43. The molecule has 1 fully saturated rings. The summed E-state index contributed by atoms with van der Waals surface area (Å²) in [5.41, 5.74) is 8.22. The lowest BCUT2D eigenvalue weighted by atomic mass is 9.79. The van der Waals surface area contributed by atoms with Gasteiger partial charge in [-0.2, -0.15) is 0 Å². The van der Waals surface area contributed by atoms with E-state index < -0.39 is 0 Å².